The zero-order valence-electron chi connectivity index (χ0n) is 6.17. The zero-order chi connectivity index (χ0) is 8.43. The fourth-order valence-electron chi connectivity index (χ4n) is 0.606. The number of nitrogens with zero attached hydrogens (tertiary/aromatic N) is 3. The van der Waals surface area contributed by atoms with Crippen LogP contribution in [0.3, 0.4) is 0 Å². The maximum absolute atomic E-state index is 5.63. The number of hydrazone groups is 1. The summed E-state index contributed by atoms with van der Waals surface area (Å²) in [6.07, 6.45) is 1.68. The summed E-state index contributed by atoms with van der Waals surface area (Å²) in [6.45, 7) is 0. The van der Waals surface area contributed by atoms with Crippen LogP contribution in [0.5, 0.6) is 0 Å². The summed E-state index contributed by atoms with van der Waals surface area (Å²) in [7, 11) is 3.75. The van der Waals surface area contributed by atoms with Crippen LogP contribution in [0.2, 0.25) is 0 Å². The lowest BCUT2D eigenvalue weighted by Gasteiger charge is -2.24. The summed E-state index contributed by atoms with van der Waals surface area (Å²) >= 11 is 11.2. The third-order valence-corrected chi connectivity index (χ3v) is 1.47. The highest BCUT2D eigenvalue weighted by molar-refractivity contribution is 6.68. The molecule has 0 spiro atoms. The molecule has 0 bridgehead atoms. The summed E-state index contributed by atoms with van der Waals surface area (Å²) in [6, 6.07) is 0. The highest BCUT2D eigenvalue weighted by Crippen LogP contribution is 2.07. The van der Waals surface area contributed by atoms with Crippen molar-refractivity contribution in [3.05, 3.63) is 11.9 Å². The average Bonchev–Trinajstić information content (AvgIpc) is 1.85. The van der Waals surface area contributed by atoms with Crippen molar-refractivity contribution < 1.29 is 0 Å². The summed E-state index contributed by atoms with van der Waals surface area (Å²) in [4.78, 5) is 1.84. The first-order valence-electron chi connectivity index (χ1n) is 2.95. The number of hydrogen-bond acceptors (Lipinski definition) is 4. The number of hydrazine groups is 1. The molecule has 1 aliphatic rings. The molecule has 0 radical (unpaired) electrons. The Balaban J connectivity index is 2.76. The van der Waals surface area contributed by atoms with Gasteiger partial charge in [0.15, 0.2) is 5.17 Å². The van der Waals surface area contributed by atoms with Crippen molar-refractivity contribution in [2.45, 2.75) is 0 Å². The van der Waals surface area contributed by atoms with E-state index in [-0.39, 0.29) is 0 Å². The Bertz CT molecular complexity index is 211. The van der Waals surface area contributed by atoms with Gasteiger partial charge in [0, 0.05) is 20.2 Å². The van der Waals surface area contributed by atoms with E-state index < -0.39 is 0 Å². The molecule has 1 aliphatic heterocycles. The van der Waals surface area contributed by atoms with Gasteiger partial charge in [-0.3, -0.25) is 5.43 Å². The topological polar surface area (TPSA) is 30.9 Å². The number of halogens is 2. The van der Waals surface area contributed by atoms with E-state index in [2.05, 4.69) is 10.5 Å². The second-order valence-corrected chi connectivity index (χ2v) is 2.93. The molecule has 0 fully saturated rings. The maximum atomic E-state index is 5.63. The molecule has 0 aromatic heterocycles. The minimum Gasteiger partial charge on any atom is -0.363 e. The van der Waals surface area contributed by atoms with Crippen LogP contribution in [0.4, 0.5) is 0 Å². The lowest BCUT2D eigenvalue weighted by atomic mass is 10.5. The monoisotopic (exact) mass is 194 g/mol. The first-order chi connectivity index (χ1) is 5.09. The molecule has 0 saturated heterocycles. The molecule has 4 nitrogen and oxygen atoms in total. The molecule has 1 rings (SSSR count). The zero-order valence-corrected chi connectivity index (χ0v) is 7.69. The van der Waals surface area contributed by atoms with Crippen LogP contribution in [0.25, 0.3) is 0 Å². The van der Waals surface area contributed by atoms with E-state index >= 15 is 0 Å². The Hall–Kier alpha value is -0.610. The van der Waals surface area contributed by atoms with Gasteiger partial charge in [-0.1, -0.05) is 11.6 Å². The molecular formula is C5H8Cl2N4. The van der Waals surface area contributed by atoms with Gasteiger partial charge in [-0.25, -0.2) is 0 Å². The van der Waals surface area contributed by atoms with Gasteiger partial charge in [-0.15, -0.1) is 9.74 Å². The third-order valence-electron chi connectivity index (χ3n) is 1.13. The standard InChI is InChI=1S/C5H8Cl2N4/c1-10(2)5-3-4(6)8-11(7)9-5/h3,9H,1-2H3. The van der Waals surface area contributed by atoms with E-state index in [4.69, 9.17) is 23.4 Å². The van der Waals surface area contributed by atoms with Crippen LogP contribution >= 0.6 is 23.4 Å². The first kappa shape index (κ1) is 8.49. The summed E-state index contributed by atoms with van der Waals surface area (Å²) in [5.41, 5.74) is 2.76. The van der Waals surface area contributed by atoms with E-state index in [1.54, 1.807) is 6.08 Å². The molecule has 1 heterocycles. The van der Waals surface area contributed by atoms with Gasteiger partial charge in [0.25, 0.3) is 0 Å². The van der Waals surface area contributed by atoms with Gasteiger partial charge in [0.2, 0.25) is 0 Å². The van der Waals surface area contributed by atoms with Gasteiger partial charge in [-0.05, 0) is 0 Å². The molecule has 0 aromatic rings. The van der Waals surface area contributed by atoms with E-state index in [0.29, 0.717) is 5.17 Å². The molecule has 11 heavy (non-hydrogen) atoms. The van der Waals surface area contributed by atoms with E-state index in [0.717, 1.165) is 10.5 Å². The van der Waals surface area contributed by atoms with Gasteiger partial charge >= 0.3 is 0 Å². The number of nitrogens with one attached hydrogen (secondary N) is 1. The van der Waals surface area contributed by atoms with Crippen molar-refractivity contribution in [2.75, 3.05) is 14.1 Å². The fraction of sp³-hybridized carbons (Fsp3) is 0.400. The Morgan fingerprint density at radius 1 is 1.64 bits per heavy atom. The van der Waals surface area contributed by atoms with Crippen LogP contribution in [0.15, 0.2) is 17.0 Å². The van der Waals surface area contributed by atoms with Crippen molar-refractivity contribution in [1.82, 2.24) is 15.0 Å². The van der Waals surface area contributed by atoms with Crippen LogP contribution in [-0.2, 0) is 0 Å². The van der Waals surface area contributed by atoms with E-state index in [1.807, 2.05) is 19.0 Å². The quantitative estimate of drug-likeness (QED) is 0.631. The normalized spacial score (nSPS) is 16.9. The summed E-state index contributed by atoms with van der Waals surface area (Å²) in [5, 5.41) is 4.03. The third kappa shape index (κ3) is 2.17. The minimum atomic E-state index is 0.349. The van der Waals surface area contributed by atoms with Crippen LogP contribution in [0, 0.1) is 0 Å². The minimum absolute atomic E-state index is 0.349. The molecule has 0 aliphatic carbocycles. The molecule has 6 heteroatoms. The molecule has 0 saturated carbocycles. The van der Waals surface area contributed by atoms with Gasteiger partial charge in [-0.2, -0.15) is 0 Å². The lowest BCUT2D eigenvalue weighted by Crippen LogP contribution is -2.35. The van der Waals surface area contributed by atoms with Crippen molar-refractivity contribution in [3.8, 4) is 0 Å². The Morgan fingerprint density at radius 2 is 2.27 bits per heavy atom. The van der Waals surface area contributed by atoms with Crippen molar-refractivity contribution in [2.24, 2.45) is 5.10 Å². The second-order valence-electron chi connectivity index (χ2n) is 2.22. The number of hydrogen-bond donors (Lipinski definition) is 1. The SMILES string of the molecule is CN(C)C1=CC(Cl)=NN(Cl)N1. The Labute approximate surface area is 75.1 Å². The van der Waals surface area contributed by atoms with Crippen LogP contribution in [0.1, 0.15) is 0 Å². The molecule has 0 amide bonds. The van der Waals surface area contributed by atoms with E-state index in [9.17, 15) is 0 Å². The summed E-state index contributed by atoms with van der Waals surface area (Å²) in [5.74, 6) is 0.792. The number of allylic oxidation sites excluding steroid dienone is 1. The second kappa shape index (κ2) is 3.19. The van der Waals surface area contributed by atoms with Gasteiger partial charge in [0.05, 0.1) is 11.8 Å². The Morgan fingerprint density at radius 3 is 2.73 bits per heavy atom. The fourth-order valence-corrected chi connectivity index (χ4v) is 0.992. The van der Waals surface area contributed by atoms with Crippen LogP contribution < -0.4 is 5.43 Å². The smallest absolute Gasteiger partial charge is 0.156 e. The largest absolute Gasteiger partial charge is 0.363 e. The van der Waals surface area contributed by atoms with Crippen LogP contribution in [-0.4, -0.2) is 28.8 Å². The van der Waals surface area contributed by atoms with Gasteiger partial charge < -0.3 is 4.90 Å². The van der Waals surface area contributed by atoms with Crippen molar-refractivity contribution in [3.63, 3.8) is 0 Å². The Kier molecular flexibility index (Phi) is 2.46. The predicted octanol–water partition coefficient (Wildman–Crippen LogP) is 0.916. The molecule has 0 atom stereocenters. The maximum Gasteiger partial charge on any atom is 0.156 e. The first-order valence-corrected chi connectivity index (χ1v) is 3.67. The molecule has 0 aromatic carbocycles. The lowest BCUT2D eigenvalue weighted by molar-refractivity contribution is 0.321. The predicted molar refractivity (Wildman–Crippen MR) is 45.9 cm³/mol. The molecule has 0 unspecified atom stereocenters. The van der Waals surface area contributed by atoms with Crippen molar-refractivity contribution in [1.29, 1.82) is 0 Å². The highest BCUT2D eigenvalue weighted by atomic mass is 35.5. The molecule has 62 valence electrons. The average molecular weight is 195 g/mol. The van der Waals surface area contributed by atoms with Crippen molar-refractivity contribution >= 4 is 28.5 Å². The summed E-state index contributed by atoms with van der Waals surface area (Å²) < 4.78 is 1.04. The van der Waals surface area contributed by atoms with Gasteiger partial charge in [0.1, 0.15) is 5.82 Å². The van der Waals surface area contributed by atoms with E-state index in [1.165, 1.54) is 0 Å². The number of rotatable bonds is 1. The highest BCUT2D eigenvalue weighted by Gasteiger charge is 2.10. The molecule has 1 N–H and O–H groups in total. The molecular weight excluding hydrogens is 187 g/mol.